The molecule has 8 heteroatoms. The van der Waals surface area contributed by atoms with Gasteiger partial charge in [0.15, 0.2) is 5.82 Å². The molecule has 116 valence electrons. The van der Waals surface area contributed by atoms with E-state index in [0.717, 1.165) is 12.1 Å². The van der Waals surface area contributed by atoms with Gasteiger partial charge in [0.2, 0.25) is 0 Å². The monoisotopic (exact) mass is 299 g/mol. The number of carbonyl (C=O) groups excluding carboxylic acids is 1. The van der Waals surface area contributed by atoms with E-state index in [1.807, 2.05) is 0 Å². The highest BCUT2D eigenvalue weighted by Gasteiger charge is 2.27. The quantitative estimate of drug-likeness (QED) is 0.614. The highest BCUT2D eigenvalue weighted by atomic mass is 19.1. The molecule has 0 saturated carbocycles. The molecular formula is C13H18FN3O4. The van der Waals surface area contributed by atoms with Crippen molar-refractivity contribution in [3.05, 3.63) is 33.6 Å². The van der Waals surface area contributed by atoms with Gasteiger partial charge in [-0.25, -0.2) is 4.39 Å². The minimum atomic E-state index is -0.802. The third-order valence-corrected chi connectivity index (χ3v) is 3.13. The summed E-state index contributed by atoms with van der Waals surface area (Å²) >= 11 is 0. The molecule has 1 amide bonds. The van der Waals surface area contributed by atoms with E-state index < -0.39 is 28.4 Å². The van der Waals surface area contributed by atoms with Gasteiger partial charge in [-0.1, -0.05) is 0 Å². The number of aliphatic hydroxyl groups is 1. The zero-order valence-corrected chi connectivity index (χ0v) is 12.1. The van der Waals surface area contributed by atoms with Gasteiger partial charge in [-0.3, -0.25) is 14.9 Å². The van der Waals surface area contributed by atoms with Crippen LogP contribution in [-0.4, -0.2) is 47.1 Å². The van der Waals surface area contributed by atoms with Crippen molar-refractivity contribution in [3.63, 3.8) is 0 Å². The second kappa shape index (κ2) is 6.98. The normalized spacial score (nSPS) is 11.9. The van der Waals surface area contributed by atoms with Gasteiger partial charge in [-0.15, -0.1) is 0 Å². The van der Waals surface area contributed by atoms with Crippen LogP contribution in [0.5, 0.6) is 0 Å². The molecule has 1 aromatic rings. The number of nitro groups is 1. The van der Waals surface area contributed by atoms with E-state index in [1.165, 1.54) is 11.9 Å². The Hall–Kier alpha value is -2.22. The minimum Gasteiger partial charge on any atom is -0.394 e. The van der Waals surface area contributed by atoms with Gasteiger partial charge >= 0.3 is 0 Å². The van der Waals surface area contributed by atoms with Crippen LogP contribution in [-0.2, 0) is 0 Å². The average Bonchev–Trinajstić information content (AvgIpc) is 2.46. The summed E-state index contributed by atoms with van der Waals surface area (Å²) in [7, 11) is 1.42. The van der Waals surface area contributed by atoms with Crippen LogP contribution in [0.25, 0.3) is 0 Å². The second-order valence-electron chi connectivity index (χ2n) is 4.58. The molecule has 7 nitrogen and oxygen atoms in total. The molecule has 0 radical (unpaired) electrons. The van der Waals surface area contributed by atoms with Gasteiger partial charge in [0, 0.05) is 13.6 Å². The lowest BCUT2D eigenvalue weighted by Gasteiger charge is -2.23. The van der Waals surface area contributed by atoms with Crippen LogP contribution in [0.1, 0.15) is 24.2 Å². The van der Waals surface area contributed by atoms with E-state index in [0.29, 0.717) is 6.54 Å². The standard InChI is InChI=1S/C13H18FN3O4/c1-4-15-11-5-9(12(17(20)21)6-10(11)14)13(19)16(3)8(2)7-18/h5-6,8,15,18H,4,7H2,1-3H3. The maximum absolute atomic E-state index is 13.7. The highest BCUT2D eigenvalue weighted by molar-refractivity contribution is 5.99. The van der Waals surface area contributed by atoms with Crippen LogP contribution >= 0.6 is 0 Å². The zero-order valence-electron chi connectivity index (χ0n) is 12.1. The number of likely N-dealkylation sites (N-methyl/N-ethyl adjacent to an activating group) is 1. The number of amides is 1. The van der Waals surface area contributed by atoms with Gasteiger partial charge in [0.25, 0.3) is 11.6 Å². The third-order valence-electron chi connectivity index (χ3n) is 3.13. The summed E-state index contributed by atoms with van der Waals surface area (Å²) < 4.78 is 13.7. The molecule has 1 atom stereocenters. The van der Waals surface area contributed by atoms with Crippen molar-refractivity contribution in [1.82, 2.24) is 4.90 Å². The molecule has 1 aromatic carbocycles. The van der Waals surface area contributed by atoms with Crippen LogP contribution in [0.4, 0.5) is 15.8 Å². The third kappa shape index (κ3) is 3.66. The first-order valence-corrected chi connectivity index (χ1v) is 6.43. The van der Waals surface area contributed by atoms with Crippen LogP contribution in [0.15, 0.2) is 12.1 Å². The maximum atomic E-state index is 13.7. The summed E-state index contributed by atoms with van der Waals surface area (Å²) in [5, 5.41) is 22.8. The largest absolute Gasteiger partial charge is 0.394 e. The molecule has 0 aliphatic rings. The predicted octanol–water partition coefficient (Wildman–Crippen LogP) is 1.62. The molecule has 2 N–H and O–H groups in total. The first-order chi connectivity index (χ1) is 9.83. The number of halogens is 1. The fourth-order valence-corrected chi connectivity index (χ4v) is 1.72. The SMILES string of the molecule is CCNc1cc(C(=O)N(C)C(C)CO)c([N+](=O)[O-])cc1F. The summed E-state index contributed by atoms with van der Waals surface area (Å²) in [6.07, 6.45) is 0. The number of rotatable bonds is 6. The lowest BCUT2D eigenvalue weighted by atomic mass is 10.1. The van der Waals surface area contributed by atoms with E-state index in [2.05, 4.69) is 5.32 Å². The van der Waals surface area contributed by atoms with E-state index in [9.17, 15) is 19.3 Å². The topological polar surface area (TPSA) is 95.7 Å². The Balaban J connectivity index is 3.34. The Morgan fingerprint density at radius 1 is 1.57 bits per heavy atom. The van der Waals surface area contributed by atoms with Crippen molar-refractivity contribution >= 4 is 17.3 Å². The van der Waals surface area contributed by atoms with Crippen molar-refractivity contribution < 1.29 is 19.2 Å². The van der Waals surface area contributed by atoms with Gasteiger partial charge < -0.3 is 15.3 Å². The van der Waals surface area contributed by atoms with Gasteiger partial charge in [-0.2, -0.15) is 0 Å². The smallest absolute Gasteiger partial charge is 0.285 e. The molecule has 21 heavy (non-hydrogen) atoms. The number of hydrogen-bond acceptors (Lipinski definition) is 5. The van der Waals surface area contributed by atoms with Crippen molar-refractivity contribution in [3.8, 4) is 0 Å². The number of aliphatic hydroxyl groups excluding tert-OH is 1. The average molecular weight is 299 g/mol. The summed E-state index contributed by atoms with van der Waals surface area (Å²) in [4.78, 5) is 23.7. The first-order valence-electron chi connectivity index (χ1n) is 6.43. The van der Waals surface area contributed by atoms with E-state index in [4.69, 9.17) is 5.11 Å². The number of nitrogens with zero attached hydrogens (tertiary/aromatic N) is 2. The maximum Gasteiger partial charge on any atom is 0.285 e. The van der Waals surface area contributed by atoms with E-state index in [1.54, 1.807) is 13.8 Å². The molecule has 0 bridgehead atoms. The molecule has 0 aromatic heterocycles. The number of nitrogens with one attached hydrogen (secondary N) is 1. The number of nitro benzene ring substituents is 1. The van der Waals surface area contributed by atoms with E-state index in [-0.39, 0.29) is 17.9 Å². The number of carbonyl (C=O) groups is 1. The number of benzene rings is 1. The van der Waals surface area contributed by atoms with Crippen LogP contribution in [0.3, 0.4) is 0 Å². The molecule has 0 fully saturated rings. The first kappa shape index (κ1) is 16.8. The lowest BCUT2D eigenvalue weighted by Crippen LogP contribution is -2.37. The van der Waals surface area contributed by atoms with Crippen LogP contribution in [0, 0.1) is 15.9 Å². The Morgan fingerprint density at radius 3 is 2.67 bits per heavy atom. The van der Waals surface area contributed by atoms with Gasteiger partial charge in [-0.05, 0) is 19.9 Å². The summed E-state index contributed by atoms with van der Waals surface area (Å²) in [5.41, 5.74) is -0.798. The van der Waals surface area contributed by atoms with Crippen LogP contribution in [0.2, 0.25) is 0 Å². The Kier molecular flexibility index (Phi) is 5.60. The molecular weight excluding hydrogens is 281 g/mol. The number of anilines is 1. The predicted molar refractivity (Wildman–Crippen MR) is 75.9 cm³/mol. The van der Waals surface area contributed by atoms with Crippen LogP contribution < -0.4 is 5.32 Å². The Morgan fingerprint density at radius 2 is 2.19 bits per heavy atom. The van der Waals surface area contributed by atoms with E-state index >= 15 is 0 Å². The second-order valence-corrected chi connectivity index (χ2v) is 4.58. The Bertz CT molecular complexity index is 550. The molecule has 1 unspecified atom stereocenters. The summed E-state index contributed by atoms with van der Waals surface area (Å²) in [6.45, 7) is 3.46. The molecule has 0 saturated heterocycles. The zero-order chi connectivity index (χ0) is 16.2. The molecule has 0 aliphatic carbocycles. The highest BCUT2D eigenvalue weighted by Crippen LogP contribution is 2.27. The molecule has 0 aliphatic heterocycles. The molecule has 1 rings (SSSR count). The molecule has 0 spiro atoms. The van der Waals surface area contributed by atoms with Crippen molar-refractivity contribution in [2.45, 2.75) is 19.9 Å². The van der Waals surface area contributed by atoms with Crippen molar-refractivity contribution in [1.29, 1.82) is 0 Å². The fraction of sp³-hybridized carbons (Fsp3) is 0.462. The summed E-state index contributed by atoms with van der Waals surface area (Å²) in [5.74, 6) is -1.44. The number of hydrogen-bond donors (Lipinski definition) is 2. The minimum absolute atomic E-state index is 0.0245. The molecule has 0 heterocycles. The fourth-order valence-electron chi connectivity index (χ4n) is 1.72. The Labute approximate surface area is 121 Å². The summed E-state index contributed by atoms with van der Waals surface area (Å²) in [6, 6.07) is 1.34. The van der Waals surface area contributed by atoms with Gasteiger partial charge in [0.1, 0.15) is 5.56 Å². The van der Waals surface area contributed by atoms with Crippen molar-refractivity contribution in [2.24, 2.45) is 0 Å². The lowest BCUT2D eigenvalue weighted by molar-refractivity contribution is -0.385. The van der Waals surface area contributed by atoms with Gasteiger partial charge in [0.05, 0.1) is 29.3 Å². The van der Waals surface area contributed by atoms with Crippen molar-refractivity contribution in [2.75, 3.05) is 25.5 Å².